The third-order valence-corrected chi connectivity index (χ3v) is 3.02. The van der Waals surface area contributed by atoms with Crippen LogP contribution in [0.25, 0.3) is 0 Å². The Morgan fingerprint density at radius 3 is 2.59 bits per heavy atom. The molecule has 0 N–H and O–H groups in total. The molecule has 0 saturated heterocycles. The molecule has 0 amide bonds. The molecule has 6 heteroatoms. The van der Waals surface area contributed by atoms with Crippen LogP contribution in [-0.2, 0) is 6.54 Å². The summed E-state index contributed by atoms with van der Waals surface area (Å²) in [5, 5.41) is 4.07. The van der Waals surface area contributed by atoms with Gasteiger partial charge in [-0.2, -0.15) is 5.10 Å². The second kappa shape index (κ2) is 4.52. The predicted octanol–water partition coefficient (Wildman–Crippen LogP) is 2.98. The van der Waals surface area contributed by atoms with Gasteiger partial charge in [0.1, 0.15) is 23.3 Å². The summed E-state index contributed by atoms with van der Waals surface area (Å²) >= 11 is 3.03. The van der Waals surface area contributed by atoms with E-state index in [1.807, 2.05) is 0 Å². The lowest BCUT2D eigenvalue weighted by Crippen LogP contribution is -2.08. The monoisotopic (exact) mass is 301 g/mol. The molecule has 0 bridgehead atoms. The Morgan fingerprint density at radius 2 is 2.00 bits per heavy atom. The Balaban J connectivity index is 2.43. The zero-order valence-electron chi connectivity index (χ0n) is 9.34. The number of aryl methyl sites for hydroxylation is 2. The van der Waals surface area contributed by atoms with E-state index in [-0.39, 0.29) is 16.6 Å². The van der Waals surface area contributed by atoms with Crippen molar-refractivity contribution in [2.45, 2.75) is 20.4 Å². The Labute approximate surface area is 106 Å². The number of benzene rings is 1. The molecule has 0 unspecified atom stereocenters. The largest absolute Gasteiger partial charge is 0.245 e. The van der Waals surface area contributed by atoms with Crippen molar-refractivity contribution in [2.75, 3.05) is 0 Å². The molecule has 2 rings (SSSR count). The normalized spacial score (nSPS) is 10.9. The summed E-state index contributed by atoms with van der Waals surface area (Å²) in [5.74, 6) is 0.0235. The quantitative estimate of drug-likeness (QED) is 0.799. The Hall–Kier alpha value is -1.30. The molecule has 0 aliphatic carbocycles. The van der Waals surface area contributed by atoms with Crippen molar-refractivity contribution in [3.8, 4) is 0 Å². The van der Waals surface area contributed by atoms with Crippen molar-refractivity contribution in [1.29, 1.82) is 0 Å². The summed E-state index contributed by atoms with van der Waals surface area (Å²) in [6.07, 6.45) is 0. The molecule has 0 atom stereocenters. The summed E-state index contributed by atoms with van der Waals surface area (Å²) in [6, 6.07) is 2.56. The number of rotatable bonds is 2. The lowest BCUT2D eigenvalue weighted by molar-refractivity contribution is 0.524. The van der Waals surface area contributed by atoms with Gasteiger partial charge in [-0.3, -0.25) is 0 Å². The van der Waals surface area contributed by atoms with Crippen LogP contribution in [0, 0.1) is 25.5 Å². The van der Waals surface area contributed by atoms with E-state index in [0.29, 0.717) is 11.6 Å². The highest BCUT2D eigenvalue weighted by atomic mass is 79.9. The van der Waals surface area contributed by atoms with Gasteiger partial charge in [-0.25, -0.2) is 18.4 Å². The van der Waals surface area contributed by atoms with Crippen LogP contribution in [0.2, 0.25) is 0 Å². The van der Waals surface area contributed by atoms with Crippen molar-refractivity contribution in [1.82, 2.24) is 14.8 Å². The minimum absolute atomic E-state index is 0.0209. The van der Waals surface area contributed by atoms with Crippen molar-refractivity contribution in [2.24, 2.45) is 0 Å². The third kappa shape index (κ3) is 2.36. The number of nitrogens with zero attached hydrogens (tertiary/aromatic N) is 3. The lowest BCUT2D eigenvalue weighted by Gasteiger charge is -2.07. The van der Waals surface area contributed by atoms with E-state index < -0.39 is 11.6 Å². The summed E-state index contributed by atoms with van der Waals surface area (Å²) < 4.78 is 29.0. The SMILES string of the molecule is Cc1nc(C)n(Cc2c(F)ccc(Br)c2F)n1. The molecule has 1 aromatic heterocycles. The van der Waals surface area contributed by atoms with Gasteiger partial charge in [0.2, 0.25) is 0 Å². The maximum Gasteiger partial charge on any atom is 0.147 e. The highest BCUT2D eigenvalue weighted by Crippen LogP contribution is 2.22. The molecule has 0 aliphatic heterocycles. The molecule has 3 nitrogen and oxygen atoms in total. The lowest BCUT2D eigenvalue weighted by atomic mass is 10.2. The minimum atomic E-state index is -0.599. The van der Waals surface area contributed by atoms with Crippen molar-refractivity contribution in [3.05, 3.63) is 45.5 Å². The van der Waals surface area contributed by atoms with E-state index in [0.717, 1.165) is 0 Å². The molecule has 0 fully saturated rings. The summed E-state index contributed by atoms with van der Waals surface area (Å²) in [7, 11) is 0. The zero-order chi connectivity index (χ0) is 12.6. The van der Waals surface area contributed by atoms with Crippen LogP contribution in [-0.4, -0.2) is 14.8 Å². The highest BCUT2D eigenvalue weighted by Gasteiger charge is 2.14. The molecule has 90 valence electrons. The van der Waals surface area contributed by atoms with Crippen molar-refractivity contribution < 1.29 is 8.78 Å². The van der Waals surface area contributed by atoms with E-state index in [2.05, 4.69) is 26.0 Å². The summed E-state index contributed by atoms with van der Waals surface area (Å²) in [6.45, 7) is 3.51. The Morgan fingerprint density at radius 1 is 1.29 bits per heavy atom. The van der Waals surface area contributed by atoms with Crippen LogP contribution < -0.4 is 0 Å². The molecule has 2 aromatic rings. The van der Waals surface area contributed by atoms with Gasteiger partial charge < -0.3 is 0 Å². The fourth-order valence-corrected chi connectivity index (χ4v) is 1.95. The first-order chi connectivity index (χ1) is 7.99. The van der Waals surface area contributed by atoms with Crippen LogP contribution in [0.3, 0.4) is 0 Å². The van der Waals surface area contributed by atoms with Gasteiger partial charge in [0.15, 0.2) is 0 Å². The van der Waals surface area contributed by atoms with Crippen LogP contribution in [0.5, 0.6) is 0 Å². The average Bonchev–Trinajstić information content (AvgIpc) is 2.58. The first-order valence-electron chi connectivity index (χ1n) is 4.99. The molecule has 1 heterocycles. The van der Waals surface area contributed by atoms with E-state index in [1.54, 1.807) is 13.8 Å². The predicted molar refractivity (Wildman–Crippen MR) is 62.7 cm³/mol. The maximum atomic E-state index is 13.7. The second-order valence-corrected chi connectivity index (χ2v) is 4.54. The summed E-state index contributed by atoms with van der Waals surface area (Å²) in [5.41, 5.74) is -0.0209. The third-order valence-electron chi connectivity index (χ3n) is 2.41. The molecular weight excluding hydrogens is 292 g/mol. The average molecular weight is 302 g/mol. The summed E-state index contributed by atoms with van der Waals surface area (Å²) in [4.78, 5) is 4.08. The van der Waals surface area contributed by atoms with Crippen LogP contribution >= 0.6 is 15.9 Å². The standard InChI is InChI=1S/C11H10BrF2N3/c1-6-15-7(2)17(16-6)5-8-10(13)4-3-9(12)11(8)14/h3-4H,5H2,1-2H3. The van der Waals surface area contributed by atoms with E-state index >= 15 is 0 Å². The van der Waals surface area contributed by atoms with Gasteiger partial charge in [-0.1, -0.05) is 0 Å². The Bertz CT molecular complexity index is 566. The van der Waals surface area contributed by atoms with Crippen LogP contribution in [0.4, 0.5) is 8.78 Å². The topological polar surface area (TPSA) is 30.7 Å². The van der Waals surface area contributed by atoms with Gasteiger partial charge in [0.05, 0.1) is 11.0 Å². The molecule has 1 aromatic carbocycles. The van der Waals surface area contributed by atoms with Crippen LogP contribution in [0.1, 0.15) is 17.2 Å². The number of hydrogen-bond donors (Lipinski definition) is 0. The van der Waals surface area contributed by atoms with E-state index in [9.17, 15) is 8.78 Å². The zero-order valence-corrected chi connectivity index (χ0v) is 10.9. The van der Waals surface area contributed by atoms with Crippen molar-refractivity contribution in [3.63, 3.8) is 0 Å². The van der Waals surface area contributed by atoms with Gasteiger partial charge in [0, 0.05) is 5.56 Å². The first kappa shape index (κ1) is 12.2. The second-order valence-electron chi connectivity index (χ2n) is 3.69. The molecular formula is C11H10BrF2N3. The van der Waals surface area contributed by atoms with Gasteiger partial charge in [0.25, 0.3) is 0 Å². The van der Waals surface area contributed by atoms with E-state index in [1.165, 1.54) is 16.8 Å². The van der Waals surface area contributed by atoms with Gasteiger partial charge in [-0.05, 0) is 41.9 Å². The number of hydrogen-bond acceptors (Lipinski definition) is 2. The fourth-order valence-electron chi connectivity index (χ4n) is 1.57. The number of aromatic nitrogens is 3. The molecule has 0 aliphatic rings. The molecule has 0 radical (unpaired) electrons. The Kier molecular flexibility index (Phi) is 3.24. The molecule has 17 heavy (non-hydrogen) atoms. The minimum Gasteiger partial charge on any atom is -0.245 e. The maximum absolute atomic E-state index is 13.7. The molecule has 0 saturated carbocycles. The fraction of sp³-hybridized carbons (Fsp3) is 0.273. The first-order valence-corrected chi connectivity index (χ1v) is 5.78. The van der Waals surface area contributed by atoms with Gasteiger partial charge in [-0.15, -0.1) is 0 Å². The number of halogens is 3. The molecule has 0 spiro atoms. The van der Waals surface area contributed by atoms with Gasteiger partial charge >= 0.3 is 0 Å². The van der Waals surface area contributed by atoms with E-state index in [4.69, 9.17) is 0 Å². The highest BCUT2D eigenvalue weighted by molar-refractivity contribution is 9.10. The van der Waals surface area contributed by atoms with Crippen LogP contribution in [0.15, 0.2) is 16.6 Å². The smallest absolute Gasteiger partial charge is 0.147 e. The van der Waals surface area contributed by atoms with Crippen molar-refractivity contribution >= 4 is 15.9 Å².